The molecule has 1 aliphatic rings. The van der Waals surface area contributed by atoms with Crippen molar-refractivity contribution in [3.8, 4) is 23.0 Å². The summed E-state index contributed by atoms with van der Waals surface area (Å²) in [6.07, 6.45) is -2.90. The van der Waals surface area contributed by atoms with Crippen molar-refractivity contribution in [1.82, 2.24) is 4.31 Å². The molecule has 0 radical (unpaired) electrons. The Hall–Kier alpha value is -3.18. The molecule has 0 saturated heterocycles. The number of benzene rings is 2. The van der Waals surface area contributed by atoms with Crippen LogP contribution in [-0.4, -0.2) is 58.7 Å². The fourth-order valence-electron chi connectivity index (χ4n) is 3.51. The van der Waals surface area contributed by atoms with E-state index < -0.39 is 22.4 Å². The van der Waals surface area contributed by atoms with Crippen LogP contribution >= 0.6 is 0 Å². The smallest absolute Gasteiger partial charge is 0.497 e. The number of rotatable bonds is 7. The van der Waals surface area contributed by atoms with Gasteiger partial charge in [0.1, 0.15) is 5.75 Å². The highest BCUT2D eigenvalue weighted by Crippen LogP contribution is 2.45. The fourth-order valence-corrected chi connectivity index (χ4v) is 4.99. The van der Waals surface area contributed by atoms with Crippen molar-refractivity contribution in [2.45, 2.75) is 24.1 Å². The molecule has 0 spiro atoms. The summed E-state index contributed by atoms with van der Waals surface area (Å²) in [4.78, 5) is 11.3. The first-order valence-corrected chi connectivity index (χ1v) is 10.6. The van der Waals surface area contributed by atoms with Gasteiger partial charge in [-0.3, -0.25) is 0 Å². The van der Waals surface area contributed by atoms with Gasteiger partial charge in [0.2, 0.25) is 15.8 Å². The fraction of sp³-hybridized carbons (Fsp3) is 0.350. The number of ether oxygens (including phenoxy) is 5. The minimum absolute atomic E-state index is 0.0322. The lowest BCUT2D eigenvalue weighted by Gasteiger charge is -2.35. The zero-order chi connectivity index (χ0) is 22.8. The zero-order valence-electron chi connectivity index (χ0n) is 17.4. The van der Waals surface area contributed by atoms with Crippen LogP contribution in [0.3, 0.4) is 0 Å². The van der Waals surface area contributed by atoms with Gasteiger partial charge in [0, 0.05) is 18.5 Å². The summed E-state index contributed by atoms with van der Waals surface area (Å²) in [5.41, 5.74) is 1.16. The SMILES string of the molecule is COc1ccc(S(=O)(=O)N2Cc3c(cc(OC)c(OC)c3OC)CC2OC(=O)O)cc1. The Morgan fingerprint density at radius 3 is 2.16 bits per heavy atom. The van der Waals surface area contributed by atoms with Gasteiger partial charge in [-0.25, -0.2) is 13.2 Å². The highest BCUT2D eigenvalue weighted by atomic mass is 32.2. The van der Waals surface area contributed by atoms with Crippen molar-refractivity contribution in [3.05, 3.63) is 41.5 Å². The minimum atomic E-state index is -4.12. The Labute approximate surface area is 179 Å². The van der Waals surface area contributed by atoms with Crippen molar-refractivity contribution >= 4 is 16.2 Å². The third-order valence-electron chi connectivity index (χ3n) is 4.96. The van der Waals surface area contributed by atoms with Gasteiger partial charge in [-0.1, -0.05) is 0 Å². The molecule has 0 aromatic heterocycles. The van der Waals surface area contributed by atoms with Crippen LogP contribution in [0.25, 0.3) is 0 Å². The molecule has 0 bridgehead atoms. The van der Waals surface area contributed by atoms with E-state index in [9.17, 15) is 18.3 Å². The standard InChI is InChI=1S/C20H23NO9S/c1-26-13-5-7-14(8-6-13)31(24,25)21-11-15-12(10-17(21)30-20(22)23)9-16(27-2)19(29-4)18(15)28-3/h5-9,17H,10-11H2,1-4H3,(H,22,23). The number of sulfonamides is 1. The summed E-state index contributed by atoms with van der Waals surface area (Å²) in [6.45, 7) is -0.189. The quantitative estimate of drug-likeness (QED) is 0.630. The summed E-state index contributed by atoms with van der Waals surface area (Å²) >= 11 is 0. The van der Waals surface area contributed by atoms with E-state index in [1.165, 1.54) is 52.7 Å². The Kier molecular flexibility index (Phi) is 6.46. The van der Waals surface area contributed by atoms with E-state index in [-0.39, 0.29) is 17.9 Å². The topological polar surface area (TPSA) is 121 Å². The van der Waals surface area contributed by atoms with E-state index in [1.807, 2.05) is 0 Å². The maximum Gasteiger partial charge on any atom is 0.507 e. The second kappa shape index (κ2) is 8.90. The summed E-state index contributed by atoms with van der Waals surface area (Å²) in [6, 6.07) is 7.44. The van der Waals surface area contributed by atoms with Crippen LogP contribution in [0.1, 0.15) is 11.1 Å². The van der Waals surface area contributed by atoms with Crippen LogP contribution in [0.2, 0.25) is 0 Å². The number of carbonyl (C=O) groups is 1. The first-order valence-electron chi connectivity index (χ1n) is 9.13. The molecule has 0 saturated carbocycles. The normalized spacial score (nSPS) is 16.2. The molecule has 11 heteroatoms. The van der Waals surface area contributed by atoms with E-state index in [4.69, 9.17) is 23.7 Å². The van der Waals surface area contributed by atoms with Gasteiger partial charge in [-0.2, -0.15) is 4.31 Å². The lowest BCUT2D eigenvalue weighted by Crippen LogP contribution is -2.46. The molecular weight excluding hydrogens is 430 g/mol. The van der Waals surface area contributed by atoms with Crippen LogP contribution in [0.5, 0.6) is 23.0 Å². The summed E-state index contributed by atoms with van der Waals surface area (Å²) < 4.78 is 54.0. The molecule has 1 unspecified atom stereocenters. The molecule has 1 heterocycles. The first-order chi connectivity index (χ1) is 14.8. The summed E-state index contributed by atoms with van der Waals surface area (Å²) in [5, 5.41) is 9.19. The molecular formula is C20H23NO9S. The maximum atomic E-state index is 13.4. The van der Waals surface area contributed by atoms with E-state index in [0.717, 1.165) is 4.31 Å². The van der Waals surface area contributed by atoms with Crippen LogP contribution in [-0.2, 0) is 27.7 Å². The van der Waals surface area contributed by atoms with Crippen LogP contribution in [0.4, 0.5) is 4.79 Å². The highest BCUT2D eigenvalue weighted by Gasteiger charge is 2.40. The third kappa shape index (κ3) is 4.19. The molecule has 10 nitrogen and oxygen atoms in total. The number of fused-ring (bicyclic) bond motifs is 1. The molecule has 31 heavy (non-hydrogen) atoms. The number of hydrogen-bond donors (Lipinski definition) is 1. The van der Waals surface area contributed by atoms with Crippen LogP contribution in [0, 0.1) is 0 Å². The number of hydrogen-bond acceptors (Lipinski definition) is 8. The average Bonchev–Trinajstić information content (AvgIpc) is 2.76. The highest BCUT2D eigenvalue weighted by molar-refractivity contribution is 7.89. The summed E-state index contributed by atoms with van der Waals surface area (Å²) in [5.74, 6) is 1.47. The van der Waals surface area contributed by atoms with E-state index in [2.05, 4.69) is 0 Å². The second-order valence-electron chi connectivity index (χ2n) is 6.55. The average molecular weight is 453 g/mol. The van der Waals surface area contributed by atoms with Gasteiger partial charge >= 0.3 is 6.16 Å². The molecule has 0 amide bonds. The lowest BCUT2D eigenvalue weighted by molar-refractivity contribution is -0.00697. The van der Waals surface area contributed by atoms with E-state index >= 15 is 0 Å². The molecule has 2 aromatic rings. The molecule has 168 valence electrons. The molecule has 2 aromatic carbocycles. The number of carboxylic acid groups (broad SMARTS) is 1. The zero-order valence-corrected chi connectivity index (χ0v) is 18.3. The molecule has 3 rings (SSSR count). The molecule has 1 atom stereocenters. The number of methoxy groups -OCH3 is 4. The second-order valence-corrected chi connectivity index (χ2v) is 8.44. The Balaban J connectivity index is 2.13. The predicted molar refractivity (Wildman–Crippen MR) is 108 cm³/mol. The van der Waals surface area contributed by atoms with Crippen molar-refractivity contribution in [2.75, 3.05) is 28.4 Å². The van der Waals surface area contributed by atoms with E-state index in [1.54, 1.807) is 6.07 Å². The largest absolute Gasteiger partial charge is 0.507 e. The Bertz CT molecular complexity index is 1070. The van der Waals surface area contributed by atoms with Crippen LogP contribution in [0.15, 0.2) is 35.2 Å². The van der Waals surface area contributed by atoms with Crippen molar-refractivity contribution < 1.29 is 42.0 Å². The van der Waals surface area contributed by atoms with Gasteiger partial charge in [0.25, 0.3) is 0 Å². The minimum Gasteiger partial charge on any atom is -0.497 e. The van der Waals surface area contributed by atoms with Crippen molar-refractivity contribution in [1.29, 1.82) is 0 Å². The van der Waals surface area contributed by atoms with Gasteiger partial charge in [-0.15, -0.1) is 0 Å². The maximum absolute atomic E-state index is 13.4. The first kappa shape index (κ1) is 22.5. The van der Waals surface area contributed by atoms with Crippen molar-refractivity contribution in [2.24, 2.45) is 0 Å². The molecule has 1 N–H and O–H groups in total. The Morgan fingerprint density at radius 2 is 1.65 bits per heavy atom. The third-order valence-corrected chi connectivity index (χ3v) is 6.81. The lowest BCUT2D eigenvalue weighted by atomic mass is 9.97. The molecule has 1 aliphatic heterocycles. The van der Waals surface area contributed by atoms with Gasteiger partial charge in [-0.05, 0) is 35.9 Å². The molecule has 0 fully saturated rings. The van der Waals surface area contributed by atoms with Crippen molar-refractivity contribution in [3.63, 3.8) is 0 Å². The van der Waals surface area contributed by atoms with Gasteiger partial charge in [0.15, 0.2) is 17.7 Å². The van der Waals surface area contributed by atoms with Gasteiger partial charge < -0.3 is 28.8 Å². The summed E-state index contributed by atoms with van der Waals surface area (Å²) in [7, 11) is 1.67. The predicted octanol–water partition coefficient (Wildman–Crippen LogP) is 2.49. The van der Waals surface area contributed by atoms with Crippen LogP contribution < -0.4 is 18.9 Å². The molecule has 0 aliphatic carbocycles. The monoisotopic (exact) mass is 453 g/mol. The number of nitrogens with zero attached hydrogens (tertiary/aromatic N) is 1. The Morgan fingerprint density at radius 1 is 1.00 bits per heavy atom. The van der Waals surface area contributed by atoms with E-state index in [0.29, 0.717) is 34.1 Å². The van der Waals surface area contributed by atoms with Gasteiger partial charge in [0.05, 0.1) is 33.3 Å².